The Labute approximate surface area is 203 Å². The Bertz CT molecular complexity index is 1140. The van der Waals surface area contributed by atoms with Gasteiger partial charge in [0, 0.05) is 17.9 Å². The SMILES string of the molecule is CCCOc1ccc([C@H]2CC(=O)N3C(=C2C#N)SC[C@@]3(O)c2ccc(OC)cc2)cc1OCC. The molecule has 0 unspecified atom stereocenters. The van der Waals surface area contributed by atoms with Gasteiger partial charge in [0.25, 0.3) is 0 Å². The third-order valence-electron chi connectivity index (χ3n) is 5.99. The van der Waals surface area contributed by atoms with E-state index in [0.717, 1.165) is 12.0 Å². The smallest absolute Gasteiger partial charge is 0.231 e. The molecule has 0 radical (unpaired) electrons. The van der Waals surface area contributed by atoms with Crippen molar-refractivity contribution in [2.75, 3.05) is 26.1 Å². The van der Waals surface area contributed by atoms with E-state index in [9.17, 15) is 15.2 Å². The first kappa shape index (κ1) is 24.0. The van der Waals surface area contributed by atoms with E-state index in [1.165, 1.54) is 16.7 Å². The monoisotopic (exact) mass is 480 g/mol. The molecule has 0 bridgehead atoms. The van der Waals surface area contributed by atoms with Crippen molar-refractivity contribution in [3.63, 3.8) is 0 Å². The largest absolute Gasteiger partial charge is 0.497 e. The fourth-order valence-electron chi connectivity index (χ4n) is 4.32. The number of nitrogens with zero attached hydrogens (tertiary/aromatic N) is 2. The van der Waals surface area contributed by atoms with Gasteiger partial charge in [-0.25, -0.2) is 0 Å². The van der Waals surface area contributed by atoms with Crippen molar-refractivity contribution in [1.29, 1.82) is 5.26 Å². The Morgan fingerprint density at radius 1 is 1.18 bits per heavy atom. The number of rotatable bonds is 8. The van der Waals surface area contributed by atoms with E-state index in [4.69, 9.17) is 14.2 Å². The van der Waals surface area contributed by atoms with Crippen molar-refractivity contribution in [3.05, 3.63) is 64.2 Å². The van der Waals surface area contributed by atoms with E-state index < -0.39 is 11.6 Å². The summed E-state index contributed by atoms with van der Waals surface area (Å²) in [6.45, 7) is 4.98. The standard InChI is InChI=1S/C26H28N2O5S/c1-4-12-33-22-11-6-17(13-23(22)32-5-2)20-14-24(29)28-25(21(20)15-27)34-16-26(28,30)18-7-9-19(31-3)10-8-18/h6-11,13,20,30H,4-5,12,14,16H2,1-3H3/t20-,26-/m1/s1. The first-order chi connectivity index (χ1) is 16.5. The molecule has 178 valence electrons. The number of carbonyl (C=O) groups is 1. The van der Waals surface area contributed by atoms with Crippen molar-refractivity contribution in [2.24, 2.45) is 0 Å². The summed E-state index contributed by atoms with van der Waals surface area (Å²) in [5, 5.41) is 22.2. The number of ether oxygens (including phenoxy) is 3. The van der Waals surface area contributed by atoms with Gasteiger partial charge in [-0.05, 0) is 43.2 Å². The molecule has 1 N–H and O–H groups in total. The summed E-state index contributed by atoms with van der Waals surface area (Å²) in [5.74, 6) is 1.49. The molecule has 8 heteroatoms. The third kappa shape index (κ3) is 4.22. The maximum Gasteiger partial charge on any atom is 0.231 e. The Morgan fingerprint density at radius 3 is 2.59 bits per heavy atom. The van der Waals surface area contributed by atoms with Crippen LogP contribution in [-0.2, 0) is 10.5 Å². The predicted molar refractivity (Wildman–Crippen MR) is 130 cm³/mol. The molecule has 0 aromatic heterocycles. The van der Waals surface area contributed by atoms with Crippen molar-refractivity contribution in [2.45, 2.75) is 38.3 Å². The number of fused-ring (bicyclic) bond motifs is 1. The highest BCUT2D eigenvalue weighted by atomic mass is 32.2. The maximum atomic E-state index is 13.4. The van der Waals surface area contributed by atoms with Crippen molar-refractivity contribution < 1.29 is 24.1 Å². The van der Waals surface area contributed by atoms with Crippen molar-refractivity contribution >= 4 is 17.7 Å². The van der Waals surface area contributed by atoms with E-state index in [0.29, 0.717) is 46.6 Å². The molecule has 2 aliphatic rings. The number of nitriles is 1. The van der Waals surface area contributed by atoms with Crippen LogP contribution in [0.15, 0.2) is 53.1 Å². The molecular formula is C26H28N2O5S. The quantitative estimate of drug-likeness (QED) is 0.594. The number of carbonyl (C=O) groups excluding carboxylic acids is 1. The van der Waals surface area contributed by atoms with Crippen LogP contribution >= 0.6 is 11.8 Å². The van der Waals surface area contributed by atoms with Crippen LogP contribution in [0.4, 0.5) is 0 Å². The lowest BCUT2D eigenvalue weighted by molar-refractivity contribution is -0.149. The zero-order valence-electron chi connectivity index (χ0n) is 19.5. The number of methoxy groups -OCH3 is 1. The number of hydrogen-bond acceptors (Lipinski definition) is 7. The van der Waals surface area contributed by atoms with Gasteiger partial charge in [0.15, 0.2) is 17.2 Å². The highest BCUT2D eigenvalue weighted by molar-refractivity contribution is 8.03. The molecule has 1 amide bonds. The van der Waals surface area contributed by atoms with Crippen LogP contribution in [0.25, 0.3) is 0 Å². The van der Waals surface area contributed by atoms with Gasteiger partial charge < -0.3 is 19.3 Å². The van der Waals surface area contributed by atoms with Crippen LogP contribution in [-0.4, -0.2) is 42.0 Å². The first-order valence-electron chi connectivity index (χ1n) is 11.3. The summed E-state index contributed by atoms with van der Waals surface area (Å²) in [6.07, 6.45) is 0.950. The van der Waals surface area contributed by atoms with Gasteiger partial charge in [0.1, 0.15) is 5.75 Å². The minimum Gasteiger partial charge on any atom is -0.497 e. The molecule has 0 spiro atoms. The topological polar surface area (TPSA) is 92.0 Å². The fraction of sp³-hybridized carbons (Fsp3) is 0.385. The second-order valence-electron chi connectivity index (χ2n) is 8.14. The van der Waals surface area contributed by atoms with E-state index >= 15 is 0 Å². The summed E-state index contributed by atoms with van der Waals surface area (Å²) in [5.41, 5.74) is 0.338. The Balaban J connectivity index is 1.72. The molecule has 34 heavy (non-hydrogen) atoms. The number of hydrogen-bond donors (Lipinski definition) is 1. The lowest BCUT2D eigenvalue weighted by atomic mass is 9.85. The molecule has 7 nitrogen and oxygen atoms in total. The van der Waals surface area contributed by atoms with Crippen molar-refractivity contribution in [3.8, 4) is 23.3 Å². The van der Waals surface area contributed by atoms with Gasteiger partial charge in [-0.2, -0.15) is 5.26 Å². The van der Waals surface area contributed by atoms with Gasteiger partial charge >= 0.3 is 0 Å². The average Bonchev–Trinajstić information content (AvgIpc) is 3.22. The molecule has 1 saturated heterocycles. The van der Waals surface area contributed by atoms with Crippen LogP contribution in [0.3, 0.4) is 0 Å². The van der Waals surface area contributed by atoms with Crippen LogP contribution < -0.4 is 14.2 Å². The zero-order valence-corrected chi connectivity index (χ0v) is 20.4. The molecule has 2 heterocycles. The summed E-state index contributed by atoms with van der Waals surface area (Å²) in [6, 6.07) is 14.9. The van der Waals surface area contributed by atoms with E-state index in [1.54, 1.807) is 31.4 Å². The Hall–Kier alpha value is -3.15. The molecule has 2 aromatic carbocycles. The lowest BCUT2D eigenvalue weighted by Crippen LogP contribution is -2.48. The number of amides is 1. The van der Waals surface area contributed by atoms with E-state index in [2.05, 4.69) is 6.07 Å². The first-order valence-corrected chi connectivity index (χ1v) is 12.3. The Kier molecular flexibility index (Phi) is 7.05. The summed E-state index contributed by atoms with van der Waals surface area (Å²) < 4.78 is 16.8. The molecule has 2 aromatic rings. The van der Waals surface area contributed by atoms with Crippen LogP contribution in [0.5, 0.6) is 17.2 Å². The molecule has 2 atom stereocenters. The number of allylic oxidation sites excluding steroid dienone is 1. The summed E-state index contributed by atoms with van der Waals surface area (Å²) >= 11 is 1.33. The zero-order chi connectivity index (χ0) is 24.3. The average molecular weight is 481 g/mol. The third-order valence-corrected chi connectivity index (χ3v) is 7.22. The van der Waals surface area contributed by atoms with Crippen LogP contribution in [0, 0.1) is 11.3 Å². The molecular weight excluding hydrogens is 452 g/mol. The van der Waals surface area contributed by atoms with Crippen LogP contribution in [0.2, 0.25) is 0 Å². The number of aliphatic hydroxyl groups is 1. The molecule has 0 saturated carbocycles. The van der Waals surface area contributed by atoms with Gasteiger partial charge in [-0.3, -0.25) is 9.69 Å². The van der Waals surface area contributed by atoms with E-state index in [-0.39, 0.29) is 18.1 Å². The van der Waals surface area contributed by atoms with Gasteiger partial charge in [0.2, 0.25) is 5.91 Å². The molecule has 2 aliphatic heterocycles. The molecule has 4 rings (SSSR count). The summed E-state index contributed by atoms with van der Waals surface area (Å²) in [7, 11) is 1.57. The predicted octanol–water partition coefficient (Wildman–Crippen LogP) is 4.53. The molecule has 0 aliphatic carbocycles. The number of benzene rings is 2. The fourth-order valence-corrected chi connectivity index (χ4v) is 5.68. The van der Waals surface area contributed by atoms with Crippen LogP contribution in [0.1, 0.15) is 43.7 Å². The minimum absolute atomic E-state index is 0.0755. The summed E-state index contributed by atoms with van der Waals surface area (Å²) in [4.78, 5) is 14.8. The lowest BCUT2D eigenvalue weighted by Gasteiger charge is -2.38. The van der Waals surface area contributed by atoms with Crippen molar-refractivity contribution in [1.82, 2.24) is 4.90 Å². The Morgan fingerprint density at radius 2 is 1.94 bits per heavy atom. The van der Waals surface area contributed by atoms with E-state index in [1.807, 2.05) is 32.0 Å². The normalized spacial score (nSPS) is 21.8. The highest BCUT2D eigenvalue weighted by Gasteiger charge is 2.51. The molecule has 1 fully saturated rings. The second kappa shape index (κ2) is 10.00. The van der Waals surface area contributed by atoms with Gasteiger partial charge in [-0.1, -0.05) is 25.1 Å². The van der Waals surface area contributed by atoms with Gasteiger partial charge in [0.05, 0.1) is 42.7 Å². The maximum absolute atomic E-state index is 13.4. The van der Waals surface area contributed by atoms with Gasteiger partial charge in [-0.15, -0.1) is 11.8 Å². The highest BCUT2D eigenvalue weighted by Crippen LogP contribution is 2.52. The minimum atomic E-state index is -1.52. The number of thioether (sulfide) groups is 1. The second-order valence-corrected chi connectivity index (χ2v) is 9.10.